The molecule has 1 aromatic heterocycles. The van der Waals surface area contributed by atoms with Gasteiger partial charge >= 0.3 is 0 Å². The van der Waals surface area contributed by atoms with Gasteiger partial charge in [-0.3, -0.25) is 4.98 Å². The van der Waals surface area contributed by atoms with Crippen LogP contribution in [0.5, 0.6) is 0 Å². The zero-order valence-electron chi connectivity index (χ0n) is 16.1. The summed E-state index contributed by atoms with van der Waals surface area (Å²) >= 11 is 0. The van der Waals surface area contributed by atoms with Gasteiger partial charge in [-0.1, -0.05) is 90.4 Å². The van der Waals surface area contributed by atoms with Crippen molar-refractivity contribution in [2.45, 2.75) is 103 Å². The number of nitrogens with one attached hydrogen (secondary N) is 1. The van der Waals surface area contributed by atoms with Gasteiger partial charge in [0.1, 0.15) is 0 Å². The van der Waals surface area contributed by atoms with Gasteiger partial charge in [0, 0.05) is 18.9 Å². The van der Waals surface area contributed by atoms with Crippen molar-refractivity contribution in [3.8, 4) is 0 Å². The van der Waals surface area contributed by atoms with Gasteiger partial charge in [0.2, 0.25) is 0 Å². The lowest BCUT2D eigenvalue weighted by atomic mass is 10.0. The molecule has 2 heteroatoms. The highest BCUT2D eigenvalue weighted by Crippen LogP contribution is 2.12. The Balaban J connectivity index is 1.70. The van der Waals surface area contributed by atoms with E-state index >= 15 is 0 Å². The van der Waals surface area contributed by atoms with Gasteiger partial charge in [-0.25, -0.2) is 0 Å². The fourth-order valence-corrected chi connectivity index (χ4v) is 3.18. The largest absolute Gasteiger partial charge is 0.313 e. The molecule has 0 spiro atoms. The Labute approximate surface area is 150 Å². The average Bonchev–Trinajstić information content (AvgIpc) is 2.62. The fraction of sp³-hybridized carbons (Fsp3) is 0.773. The Morgan fingerprint density at radius 3 is 1.62 bits per heavy atom. The number of hydrogen-bond donors (Lipinski definition) is 1. The SMILES string of the molecule is CCCCCCCCCCCCCCCCNCc1ccncc1. The van der Waals surface area contributed by atoms with Crippen LogP contribution in [-0.4, -0.2) is 11.5 Å². The molecule has 0 aliphatic carbocycles. The second-order valence-electron chi connectivity index (χ2n) is 7.13. The molecule has 0 aliphatic rings. The van der Waals surface area contributed by atoms with Crippen LogP contribution in [0.1, 0.15) is 102 Å². The van der Waals surface area contributed by atoms with E-state index in [1.54, 1.807) is 0 Å². The summed E-state index contributed by atoms with van der Waals surface area (Å²) in [6.45, 7) is 4.40. The molecule has 0 amide bonds. The van der Waals surface area contributed by atoms with Crippen LogP contribution in [0.2, 0.25) is 0 Å². The molecular formula is C22H40N2. The highest BCUT2D eigenvalue weighted by atomic mass is 14.8. The van der Waals surface area contributed by atoms with E-state index in [4.69, 9.17) is 0 Å². The number of unbranched alkanes of at least 4 members (excludes halogenated alkanes) is 13. The quantitative estimate of drug-likeness (QED) is 0.323. The molecule has 0 aromatic carbocycles. The van der Waals surface area contributed by atoms with Crippen LogP contribution in [0.3, 0.4) is 0 Å². The smallest absolute Gasteiger partial charge is 0.0271 e. The van der Waals surface area contributed by atoms with Gasteiger partial charge in [0.15, 0.2) is 0 Å². The summed E-state index contributed by atoms with van der Waals surface area (Å²) in [5.74, 6) is 0. The first-order valence-electron chi connectivity index (χ1n) is 10.5. The van der Waals surface area contributed by atoms with Crippen molar-refractivity contribution in [2.75, 3.05) is 6.54 Å². The van der Waals surface area contributed by atoms with Crippen LogP contribution in [-0.2, 0) is 6.54 Å². The molecule has 2 nitrogen and oxygen atoms in total. The fourth-order valence-electron chi connectivity index (χ4n) is 3.18. The van der Waals surface area contributed by atoms with Crippen LogP contribution in [0.15, 0.2) is 24.5 Å². The van der Waals surface area contributed by atoms with Crippen LogP contribution in [0.25, 0.3) is 0 Å². The Morgan fingerprint density at radius 2 is 1.12 bits per heavy atom. The molecule has 138 valence electrons. The topological polar surface area (TPSA) is 24.9 Å². The number of aromatic nitrogens is 1. The lowest BCUT2D eigenvalue weighted by Crippen LogP contribution is -2.14. The zero-order chi connectivity index (χ0) is 17.1. The number of pyridine rings is 1. The molecule has 0 aliphatic heterocycles. The maximum absolute atomic E-state index is 4.04. The molecule has 0 atom stereocenters. The van der Waals surface area contributed by atoms with Gasteiger partial charge in [-0.05, 0) is 30.7 Å². The third-order valence-corrected chi connectivity index (χ3v) is 4.79. The summed E-state index contributed by atoms with van der Waals surface area (Å²) in [5.41, 5.74) is 1.33. The number of nitrogens with zero attached hydrogens (tertiary/aromatic N) is 1. The Kier molecular flexibility index (Phi) is 14.9. The van der Waals surface area contributed by atoms with E-state index in [-0.39, 0.29) is 0 Å². The van der Waals surface area contributed by atoms with Gasteiger partial charge in [0.25, 0.3) is 0 Å². The van der Waals surface area contributed by atoms with E-state index < -0.39 is 0 Å². The summed E-state index contributed by atoms with van der Waals surface area (Å²) < 4.78 is 0. The minimum atomic E-state index is 0.973. The summed E-state index contributed by atoms with van der Waals surface area (Å²) in [6, 6.07) is 4.16. The maximum atomic E-state index is 4.04. The molecule has 24 heavy (non-hydrogen) atoms. The Bertz CT molecular complexity index is 350. The second kappa shape index (κ2) is 17.0. The van der Waals surface area contributed by atoms with Crippen LogP contribution < -0.4 is 5.32 Å². The van der Waals surface area contributed by atoms with Crippen molar-refractivity contribution in [3.05, 3.63) is 30.1 Å². The Morgan fingerprint density at radius 1 is 0.667 bits per heavy atom. The molecule has 0 radical (unpaired) electrons. The minimum Gasteiger partial charge on any atom is -0.313 e. The first-order valence-corrected chi connectivity index (χ1v) is 10.5. The molecule has 0 unspecified atom stereocenters. The average molecular weight is 333 g/mol. The van der Waals surface area contributed by atoms with E-state index in [2.05, 4.69) is 29.4 Å². The molecule has 0 bridgehead atoms. The maximum Gasteiger partial charge on any atom is 0.0271 e. The van der Waals surface area contributed by atoms with Crippen LogP contribution in [0.4, 0.5) is 0 Å². The van der Waals surface area contributed by atoms with Gasteiger partial charge in [-0.2, -0.15) is 0 Å². The second-order valence-corrected chi connectivity index (χ2v) is 7.13. The predicted octanol–water partition coefficient (Wildman–Crippen LogP) is 6.65. The molecule has 1 N–H and O–H groups in total. The van der Waals surface area contributed by atoms with E-state index in [0.717, 1.165) is 13.1 Å². The molecule has 1 heterocycles. The third-order valence-electron chi connectivity index (χ3n) is 4.79. The molecular weight excluding hydrogens is 292 g/mol. The first kappa shape index (κ1) is 21.2. The van der Waals surface area contributed by atoms with Gasteiger partial charge in [0.05, 0.1) is 0 Å². The summed E-state index contributed by atoms with van der Waals surface area (Å²) in [4.78, 5) is 4.04. The standard InChI is InChI=1S/C22H40N2/c1-2-3-4-5-6-7-8-9-10-11-12-13-14-15-18-24-21-22-16-19-23-20-17-22/h16-17,19-20,24H,2-15,18,21H2,1H3. The third kappa shape index (κ3) is 13.5. The minimum absolute atomic E-state index is 0.973. The van der Waals surface area contributed by atoms with Crippen LogP contribution >= 0.6 is 0 Å². The molecule has 1 aromatic rings. The highest BCUT2D eigenvalue weighted by Gasteiger charge is 1.95. The van der Waals surface area contributed by atoms with Crippen molar-refractivity contribution < 1.29 is 0 Å². The molecule has 0 fully saturated rings. The van der Waals surface area contributed by atoms with Crippen molar-refractivity contribution in [1.29, 1.82) is 0 Å². The zero-order valence-corrected chi connectivity index (χ0v) is 16.1. The van der Waals surface area contributed by atoms with E-state index in [1.807, 2.05) is 12.4 Å². The predicted molar refractivity (Wildman–Crippen MR) is 106 cm³/mol. The van der Waals surface area contributed by atoms with E-state index in [9.17, 15) is 0 Å². The van der Waals surface area contributed by atoms with Gasteiger partial charge in [-0.15, -0.1) is 0 Å². The lowest BCUT2D eigenvalue weighted by molar-refractivity contribution is 0.529. The number of hydrogen-bond acceptors (Lipinski definition) is 2. The summed E-state index contributed by atoms with van der Waals surface area (Å²) in [6.07, 6.45) is 23.7. The highest BCUT2D eigenvalue weighted by molar-refractivity contribution is 5.08. The molecule has 0 saturated carbocycles. The monoisotopic (exact) mass is 332 g/mol. The summed E-state index contributed by atoms with van der Waals surface area (Å²) in [7, 11) is 0. The van der Waals surface area contributed by atoms with Gasteiger partial charge < -0.3 is 5.32 Å². The normalized spacial score (nSPS) is 11.0. The Hall–Kier alpha value is -0.890. The van der Waals surface area contributed by atoms with Crippen molar-refractivity contribution in [1.82, 2.24) is 10.3 Å². The number of rotatable bonds is 17. The lowest BCUT2D eigenvalue weighted by Gasteiger charge is -2.05. The van der Waals surface area contributed by atoms with E-state index in [0.29, 0.717) is 0 Å². The van der Waals surface area contributed by atoms with Crippen LogP contribution in [0, 0.1) is 0 Å². The van der Waals surface area contributed by atoms with Crippen molar-refractivity contribution in [3.63, 3.8) is 0 Å². The van der Waals surface area contributed by atoms with Crippen molar-refractivity contribution >= 4 is 0 Å². The summed E-state index contributed by atoms with van der Waals surface area (Å²) in [5, 5.41) is 3.52. The van der Waals surface area contributed by atoms with Crippen molar-refractivity contribution in [2.24, 2.45) is 0 Å². The molecule has 0 saturated heterocycles. The van der Waals surface area contributed by atoms with E-state index in [1.165, 1.54) is 95.5 Å². The molecule has 1 rings (SSSR count). The first-order chi connectivity index (χ1) is 11.9.